The third-order valence-corrected chi connectivity index (χ3v) is 3.56. The molecule has 110 valence electrons. The number of hydrogen-bond donors (Lipinski definition) is 1. The molecular weight excluding hydrogens is 300 g/mol. The van der Waals surface area contributed by atoms with Crippen molar-refractivity contribution < 1.29 is 9.53 Å². The minimum atomic E-state index is -0.214. The second kappa shape index (κ2) is 6.03. The van der Waals surface area contributed by atoms with Gasteiger partial charge in [-0.15, -0.1) is 0 Å². The number of hydrogen-bond acceptors (Lipinski definition) is 3. The second-order valence-corrected chi connectivity index (χ2v) is 5.11. The van der Waals surface area contributed by atoms with Gasteiger partial charge in [-0.25, -0.2) is 0 Å². The van der Waals surface area contributed by atoms with Crippen molar-refractivity contribution in [3.8, 4) is 5.75 Å². The van der Waals surface area contributed by atoms with Crippen LogP contribution in [0, 0.1) is 0 Å². The van der Waals surface area contributed by atoms with E-state index in [0.717, 1.165) is 5.39 Å². The molecule has 0 aliphatic rings. The Hall–Kier alpha value is -2.59. The number of anilines is 1. The van der Waals surface area contributed by atoms with Gasteiger partial charge in [-0.05, 0) is 48.5 Å². The van der Waals surface area contributed by atoms with Crippen LogP contribution in [-0.2, 0) is 0 Å². The average molecular weight is 313 g/mol. The molecule has 1 N–H and O–H groups in total. The molecule has 1 heterocycles. The average Bonchev–Trinajstić information content (AvgIpc) is 2.55. The van der Waals surface area contributed by atoms with Gasteiger partial charge in [0.1, 0.15) is 5.75 Å². The molecule has 0 saturated carbocycles. The summed E-state index contributed by atoms with van der Waals surface area (Å²) in [7, 11) is 1.60. The molecule has 22 heavy (non-hydrogen) atoms. The number of carbonyl (C=O) groups is 1. The smallest absolute Gasteiger partial charge is 0.255 e. The Morgan fingerprint density at radius 3 is 2.64 bits per heavy atom. The predicted molar refractivity (Wildman–Crippen MR) is 87.7 cm³/mol. The number of methoxy groups -OCH3 is 1. The van der Waals surface area contributed by atoms with Gasteiger partial charge in [-0.3, -0.25) is 9.78 Å². The largest absolute Gasteiger partial charge is 0.496 e. The molecule has 3 aromatic rings. The number of nitrogens with one attached hydrogen (secondary N) is 1. The third kappa shape index (κ3) is 2.73. The van der Waals surface area contributed by atoms with E-state index < -0.39 is 0 Å². The maximum atomic E-state index is 12.3. The quantitative estimate of drug-likeness (QED) is 0.790. The minimum Gasteiger partial charge on any atom is -0.496 e. The molecule has 1 amide bonds. The number of halogens is 1. The highest BCUT2D eigenvalue weighted by molar-refractivity contribution is 6.30. The number of rotatable bonds is 3. The maximum absolute atomic E-state index is 12.3. The first-order chi connectivity index (χ1) is 10.7. The molecular formula is C17H13ClN2O2. The van der Waals surface area contributed by atoms with Crippen molar-refractivity contribution in [3.05, 3.63) is 65.3 Å². The van der Waals surface area contributed by atoms with Crippen molar-refractivity contribution >= 4 is 34.1 Å². The summed E-state index contributed by atoms with van der Waals surface area (Å²) in [4.78, 5) is 16.6. The van der Waals surface area contributed by atoms with Crippen molar-refractivity contribution in [1.82, 2.24) is 4.98 Å². The summed E-state index contributed by atoms with van der Waals surface area (Å²) in [6.45, 7) is 0. The van der Waals surface area contributed by atoms with Crippen molar-refractivity contribution in [2.24, 2.45) is 0 Å². The monoisotopic (exact) mass is 312 g/mol. The number of nitrogens with zero attached hydrogens (tertiary/aromatic N) is 1. The van der Waals surface area contributed by atoms with Crippen LogP contribution in [0.4, 0.5) is 5.69 Å². The molecule has 0 radical (unpaired) electrons. The summed E-state index contributed by atoms with van der Waals surface area (Å²) in [5.74, 6) is 0.501. The standard InChI is InChI=1S/C17H13ClN2O2/c1-22-15-9-8-14(16-13(15)3-2-10-19-16)20-17(21)11-4-6-12(18)7-5-11/h2-10H,1H3,(H,20,21). The first-order valence-electron chi connectivity index (χ1n) is 6.67. The summed E-state index contributed by atoms with van der Waals surface area (Å²) >= 11 is 5.83. The van der Waals surface area contributed by atoms with E-state index in [1.165, 1.54) is 0 Å². The van der Waals surface area contributed by atoms with Gasteiger partial charge in [0, 0.05) is 22.2 Å². The van der Waals surface area contributed by atoms with Gasteiger partial charge in [0.05, 0.1) is 18.3 Å². The number of carbonyl (C=O) groups excluding carboxylic acids is 1. The van der Waals surface area contributed by atoms with Crippen molar-refractivity contribution in [1.29, 1.82) is 0 Å². The van der Waals surface area contributed by atoms with Gasteiger partial charge in [-0.2, -0.15) is 0 Å². The third-order valence-electron chi connectivity index (χ3n) is 3.30. The highest BCUT2D eigenvalue weighted by Gasteiger charge is 2.11. The first kappa shape index (κ1) is 14.4. The van der Waals surface area contributed by atoms with Crippen LogP contribution in [0.1, 0.15) is 10.4 Å². The van der Waals surface area contributed by atoms with E-state index >= 15 is 0 Å². The number of amides is 1. The Kier molecular flexibility index (Phi) is 3.94. The SMILES string of the molecule is COc1ccc(NC(=O)c2ccc(Cl)cc2)c2ncccc12. The molecule has 4 nitrogen and oxygen atoms in total. The Balaban J connectivity index is 1.97. The number of pyridine rings is 1. The van der Waals surface area contributed by atoms with Crippen LogP contribution in [0.2, 0.25) is 5.02 Å². The van der Waals surface area contributed by atoms with Crippen LogP contribution < -0.4 is 10.1 Å². The van der Waals surface area contributed by atoms with Gasteiger partial charge in [-0.1, -0.05) is 11.6 Å². The van der Waals surface area contributed by atoms with Gasteiger partial charge < -0.3 is 10.1 Å². The van der Waals surface area contributed by atoms with Crippen LogP contribution in [0.15, 0.2) is 54.7 Å². The van der Waals surface area contributed by atoms with Crippen LogP contribution in [-0.4, -0.2) is 18.0 Å². The fraction of sp³-hybridized carbons (Fsp3) is 0.0588. The Bertz CT molecular complexity index is 832. The van der Waals surface area contributed by atoms with E-state index in [2.05, 4.69) is 10.3 Å². The van der Waals surface area contributed by atoms with Crippen LogP contribution >= 0.6 is 11.6 Å². The van der Waals surface area contributed by atoms with Gasteiger partial charge in [0.25, 0.3) is 5.91 Å². The summed E-state index contributed by atoms with van der Waals surface area (Å²) in [5, 5.41) is 4.31. The Labute approximate surface area is 132 Å². The van der Waals surface area contributed by atoms with Gasteiger partial charge in [0.15, 0.2) is 0 Å². The highest BCUT2D eigenvalue weighted by atomic mass is 35.5. The van der Waals surface area contributed by atoms with Gasteiger partial charge >= 0.3 is 0 Å². The molecule has 3 rings (SSSR count). The molecule has 0 aliphatic heterocycles. The summed E-state index contributed by atoms with van der Waals surface area (Å²) in [6, 6.07) is 14.0. The van der Waals surface area contributed by atoms with Crippen molar-refractivity contribution in [3.63, 3.8) is 0 Å². The van der Waals surface area contributed by atoms with E-state index in [0.29, 0.717) is 27.5 Å². The van der Waals surface area contributed by atoms with Gasteiger partial charge in [0.2, 0.25) is 0 Å². The molecule has 2 aromatic carbocycles. The maximum Gasteiger partial charge on any atom is 0.255 e. The second-order valence-electron chi connectivity index (χ2n) is 4.68. The fourth-order valence-electron chi connectivity index (χ4n) is 2.22. The van der Waals surface area contributed by atoms with Crippen LogP contribution in [0.5, 0.6) is 5.75 Å². The minimum absolute atomic E-state index is 0.214. The number of fused-ring (bicyclic) bond motifs is 1. The highest BCUT2D eigenvalue weighted by Crippen LogP contribution is 2.30. The van der Waals surface area contributed by atoms with Crippen LogP contribution in [0.25, 0.3) is 10.9 Å². The van der Waals surface area contributed by atoms with E-state index in [-0.39, 0.29) is 5.91 Å². The molecule has 0 fully saturated rings. The topological polar surface area (TPSA) is 51.2 Å². The van der Waals surface area contributed by atoms with E-state index in [4.69, 9.17) is 16.3 Å². The van der Waals surface area contributed by atoms with Crippen LogP contribution in [0.3, 0.4) is 0 Å². The molecule has 0 atom stereocenters. The van der Waals surface area contributed by atoms with E-state index in [9.17, 15) is 4.79 Å². The number of benzene rings is 2. The Morgan fingerprint density at radius 1 is 1.14 bits per heavy atom. The van der Waals surface area contributed by atoms with E-state index in [1.807, 2.05) is 18.2 Å². The normalized spacial score (nSPS) is 10.5. The summed E-state index contributed by atoms with van der Waals surface area (Å²) in [6.07, 6.45) is 1.68. The number of ether oxygens (including phenoxy) is 1. The molecule has 1 aromatic heterocycles. The molecule has 0 spiro atoms. The first-order valence-corrected chi connectivity index (χ1v) is 7.05. The molecule has 0 aliphatic carbocycles. The van der Waals surface area contributed by atoms with Crippen molar-refractivity contribution in [2.45, 2.75) is 0 Å². The lowest BCUT2D eigenvalue weighted by Gasteiger charge is -2.11. The fourth-order valence-corrected chi connectivity index (χ4v) is 2.35. The lowest BCUT2D eigenvalue weighted by molar-refractivity contribution is 0.102. The lowest BCUT2D eigenvalue weighted by Crippen LogP contribution is -2.12. The zero-order valence-corrected chi connectivity index (χ0v) is 12.6. The zero-order chi connectivity index (χ0) is 15.5. The molecule has 0 saturated heterocycles. The summed E-state index contributed by atoms with van der Waals surface area (Å²) in [5.41, 5.74) is 1.85. The molecule has 0 unspecified atom stereocenters. The number of aromatic nitrogens is 1. The molecule has 5 heteroatoms. The molecule has 0 bridgehead atoms. The van der Waals surface area contributed by atoms with Crippen molar-refractivity contribution in [2.75, 3.05) is 12.4 Å². The van der Waals surface area contributed by atoms with E-state index in [1.54, 1.807) is 43.6 Å². The Morgan fingerprint density at radius 2 is 1.91 bits per heavy atom. The zero-order valence-electron chi connectivity index (χ0n) is 11.8. The lowest BCUT2D eigenvalue weighted by atomic mass is 10.1. The summed E-state index contributed by atoms with van der Waals surface area (Å²) < 4.78 is 5.32. The predicted octanol–water partition coefficient (Wildman–Crippen LogP) is 4.15.